The standard InChI is InChI=1S/C10H9BrN4O/c1-15-5-9(16-14-15)8-3-2-6-7(11)4-12-10(6)13-8/h2-5,14H,1H3,(H,12,13). The van der Waals surface area contributed by atoms with Gasteiger partial charge < -0.3 is 9.82 Å². The Kier molecular flexibility index (Phi) is 2.12. The number of hydrogen-bond acceptors (Lipinski definition) is 4. The van der Waals surface area contributed by atoms with E-state index in [4.69, 9.17) is 4.84 Å². The lowest BCUT2D eigenvalue weighted by Gasteiger charge is -2.03. The molecular weight excluding hydrogens is 272 g/mol. The van der Waals surface area contributed by atoms with Crippen LogP contribution in [-0.4, -0.2) is 22.0 Å². The largest absolute Gasteiger partial charge is 0.385 e. The SMILES string of the molecule is CN1C=C(c2ccc3c(Br)c[nH]c3n2)ON1. The first-order chi connectivity index (χ1) is 7.74. The van der Waals surface area contributed by atoms with E-state index in [1.807, 2.05) is 31.6 Å². The molecule has 0 spiro atoms. The summed E-state index contributed by atoms with van der Waals surface area (Å²) in [6.45, 7) is 0. The molecule has 1 aliphatic heterocycles. The van der Waals surface area contributed by atoms with Gasteiger partial charge in [-0.3, -0.25) is 5.01 Å². The lowest BCUT2D eigenvalue weighted by Crippen LogP contribution is -2.22. The van der Waals surface area contributed by atoms with Crippen LogP contribution < -0.4 is 5.59 Å². The van der Waals surface area contributed by atoms with E-state index >= 15 is 0 Å². The molecule has 82 valence electrons. The highest BCUT2D eigenvalue weighted by molar-refractivity contribution is 9.10. The van der Waals surface area contributed by atoms with Crippen LogP contribution in [0.3, 0.4) is 0 Å². The summed E-state index contributed by atoms with van der Waals surface area (Å²) in [4.78, 5) is 12.8. The predicted octanol–water partition coefficient (Wildman–Crippen LogP) is 2.01. The van der Waals surface area contributed by atoms with E-state index in [1.54, 1.807) is 5.01 Å². The molecule has 2 N–H and O–H groups in total. The van der Waals surface area contributed by atoms with E-state index in [9.17, 15) is 0 Å². The lowest BCUT2D eigenvalue weighted by molar-refractivity contribution is 0.0646. The molecule has 0 fully saturated rings. The first-order valence-corrected chi connectivity index (χ1v) is 5.54. The summed E-state index contributed by atoms with van der Waals surface area (Å²) in [7, 11) is 1.86. The van der Waals surface area contributed by atoms with Gasteiger partial charge in [0.25, 0.3) is 0 Å². The number of aromatic nitrogens is 2. The van der Waals surface area contributed by atoms with Crippen molar-refractivity contribution in [2.75, 3.05) is 7.05 Å². The van der Waals surface area contributed by atoms with E-state index in [0.29, 0.717) is 5.76 Å². The Bertz CT molecular complexity index is 577. The molecule has 0 atom stereocenters. The minimum absolute atomic E-state index is 0.704. The molecular formula is C10H9BrN4O. The molecule has 0 saturated heterocycles. The van der Waals surface area contributed by atoms with Gasteiger partial charge in [-0.1, -0.05) is 5.59 Å². The van der Waals surface area contributed by atoms with Crippen LogP contribution in [0.25, 0.3) is 16.8 Å². The van der Waals surface area contributed by atoms with Gasteiger partial charge >= 0.3 is 0 Å². The molecule has 16 heavy (non-hydrogen) atoms. The molecule has 3 heterocycles. The first kappa shape index (κ1) is 9.68. The van der Waals surface area contributed by atoms with E-state index in [0.717, 1.165) is 21.2 Å². The number of rotatable bonds is 1. The third kappa shape index (κ3) is 1.46. The quantitative estimate of drug-likeness (QED) is 0.839. The number of H-pyrrole nitrogens is 1. The third-order valence-electron chi connectivity index (χ3n) is 2.35. The van der Waals surface area contributed by atoms with Crippen LogP contribution in [0.4, 0.5) is 0 Å². The first-order valence-electron chi connectivity index (χ1n) is 4.75. The topological polar surface area (TPSA) is 53.2 Å². The van der Waals surface area contributed by atoms with Crippen molar-refractivity contribution in [3.05, 3.63) is 34.7 Å². The van der Waals surface area contributed by atoms with E-state index in [-0.39, 0.29) is 0 Å². The Morgan fingerprint density at radius 3 is 3.06 bits per heavy atom. The highest BCUT2D eigenvalue weighted by Gasteiger charge is 2.14. The summed E-state index contributed by atoms with van der Waals surface area (Å²) in [5, 5.41) is 2.79. The average molecular weight is 281 g/mol. The van der Waals surface area contributed by atoms with Gasteiger partial charge in [-0.2, -0.15) is 0 Å². The van der Waals surface area contributed by atoms with Gasteiger partial charge in [0.05, 0.1) is 6.20 Å². The Hall–Kier alpha value is -1.53. The Balaban J connectivity index is 2.09. The second-order valence-corrected chi connectivity index (χ2v) is 4.38. The molecule has 5 nitrogen and oxygen atoms in total. The minimum atomic E-state index is 0.704. The van der Waals surface area contributed by atoms with Crippen molar-refractivity contribution >= 4 is 32.7 Å². The summed E-state index contributed by atoms with van der Waals surface area (Å²) < 4.78 is 1.01. The maximum Gasteiger partial charge on any atom is 0.192 e. The average Bonchev–Trinajstić information content (AvgIpc) is 2.86. The van der Waals surface area contributed by atoms with Gasteiger partial charge in [-0.15, -0.1) is 0 Å². The van der Waals surface area contributed by atoms with Crippen LogP contribution >= 0.6 is 15.9 Å². The van der Waals surface area contributed by atoms with Crippen molar-refractivity contribution in [1.82, 2.24) is 20.6 Å². The maximum absolute atomic E-state index is 5.26. The molecule has 2 aromatic heterocycles. The smallest absolute Gasteiger partial charge is 0.192 e. The van der Waals surface area contributed by atoms with E-state index in [2.05, 4.69) is 31.5 Å². The van der Waals surface area contributed by atoms with Crippen molar-refractivity contribution in [3.63, 3.8) is 0 Å². The predicted molar refractivity (Wildman–Crippen MR) is 63.8 cm³/mol. The fourth-order valence-electron chi connectivity index (χ4n) is 1.58. The summed E-state index contributed by atoms with van der Waals surface area (Å²) in [6.07, 6.45) is 3.71. The van der Waals surface area contributed by atoms with Gasteiger partial charge in [0.15, 0.2) is 5.76 Å². The molecule has 0 aromatic carbocycles. The van der Waals surface area contributed by atoms with Crippen LogP contribution in [0.5, 0.6) is 0 Å². The zero-order valence-electron chi connectivity index (χ0n) is 8.49. The molecule has 3 rings (SSSR count). The molecule has 0 unspecified atom stereocenters. The molecule has 0 saturated carbocycles. The number of hydrazine groups is 1. The monoisotopic (exact) mass is 280 g/mol. The molecule has 6 heteroatoms. The summed E-state index contributed by atoms with van der Waals surface area (Å²) in [5.41, 5.74) is 4.33. The van der Waals surface area contributed by atoms with Crippen LogP contribution in [0.1, 0.15) is 5.69 Å². The Labute approximate surface area is 100 Å². The highest BCUT2D eigenvalue weighted by Crippen LogP contribution is 2.25. The zero-order chi connectivity index (χ0) is 11.1. The van der Waals surface area contributed by atoms with Crippen LogP contribution in [0, 0.1) is 0 Å². The number of fused-ring (bicyclic) bond motifs is 1. The molecule has 0 aliphatic carbocycles. The fraction of sp³-hybridized carbons (Fsp3) is 0.100. The summed E-state index contributed by atoms with van der Waals surface area (Å²) >= 11 is 3.45. The number of halogens is 1. The van der Waals surface area contributed by atoms with Crippen molar-refractivity contribution in [3.8, 4) is 0 Å². The normalized spacial score (nSPS) is 15.4. The molecule has 0 radical (unpaired) electrons. The van der Waals surface area contributed by atoms with Crippen molar-refractivity contribution in [2.24, 2.45) is 0 Å². The minimum Gasteiger partial charge on any atom is -0.385 e. The number of aromatic amines is 1. The highest BCUT2D eigenvalue weighted by atomic mass is 79.9. The molecule has 0 amide bonds. The Morgan fingerprint density at radius 2 is 2.31 bits per heavy atom. The van der Waals surface area contributed by atoms with Gasteiger partial charge in [0.1, 0.15) is 11.3 Å². The lowest BCUT2D eigenvalue weighted by atomic mass is 10.2. The number of nitrogens with zero attached hydrogens (tertiary/aromatic N) is 2. The van der Waals surface area contributed by atoms with Crippen molar-refractivity contribution in [2.45, 2.75) is 0 Å². The number of hydrogen-bond donors (Lipinski definition) is 2. The van der Waals surface area contributed by atoms with Crippen LogP contribution in [0.15, 0.2) is 29.0 Å². The second kappa shape index (κ2) is 3.50. The molecule has 1 aliphatic rings. The zero-order valence-corrected chi connectivity index (χ0v) is 10.1. The summed E-state index contributed by atoms with van der Waals surface area (Å²) in [6, 6.07) is 3.92. The second-order valence-electron chi connectivity index (χ2n) is 3.53. The van der Waals surface area contributed by atoms with Crippen LogP contribution in [0.2, 0.25) is 0 Å². The van der Waals surface area contributed by atoms with Gasteiger partial charge in [-0.25, -0.2) is 4.98 Å². The number of pyridine rings is 1. The van der Waals surface area contributed by atoms with Crippen molar-refractivity contribution in [1.29, 1.82) is 0 Å². The summed E-state index contributed by atoms with van der Waals surface area (Å²) in [5.74, 6) is 0.704. The van der Waals surface area contributed by atoms with E-state index < -0.39 is 0 Å². The third-order valence-corrected chi connectivity index (χ3v) is 3.01. The fourth-order valence-corrected chi connectivity index (χ4v) is 2.01. The van der Waals surface area contributed by atoms with Gasteiger partial charge in [0, 0.05) is 23.1 Å². The maximum atomic E-state index is 5.26. The van der Waals surface area contributed by atoms with Crippen molar-refractivity contribution < 1.29 is 4.84 Å². The van der Waals surface area contributed by atoms with Crippen LogP contribution in [-0.2, 0) is 4.84 Å². The van der Waals surface area contributed by atoms with Gasteiger partial charge in [0.2, 0.25) is 0 Å². The molecule has 2 aromatic rings. The number of nitrogens with one attached hydrogen (secondary N) is 2. The van der Waals surface area contributed by atoms with Gasteiger partial charge in [-0.05, 0) is 28.1 Å². The van der Waals surface area contributed by atoms with E-state index in [1.165, 1.54) is 0 Å². The Morgan fingerprint density at radius 1 is 1.44 bits per heavy atom. The molecule has 0 bridgehead atoms.